The van der Waals surface area contributed by atoms with Gasteiger partial charge in [-0.1, -0.05) is 17.4 Å². The van der Waals surface area contributed by atoms with Crippen LogP contribution in [0.1, 0.15) is 11.1 Å². The first kappa shape index (κ1) is 14.6. The summed E-state index contributed by atoms with van der Waals surface area (Å²) in [6, 6.07) is 4.78. The molecule has 0 bridgehead atoms. The summed E-state index contributed by atoms with van der Waals surface area (Å²) in [6.07, 6.45) is 2.28. The zero-order valence-corrected chi connectivity index (χ0v) is 13.1. The number of nitro groups is 2. The van der Waals surface area contributed by atoms with Crippen molar-refractivity contribution in [2.75, 3.05) is 11.4 Å². The summed E-state index contributed by atoms with van der Waals surface area (Å²) in [5.41, 5.74) is 1.86. The Morgan fingerprint density at radius 1 is 1.17 bits per heavy atom. The zero-order valence-electron chi connectivity index (χ0n) is 12.3. The predicted octanol–water partition coefficient (Wildman–Crippen LogP) is 2.77. The van der Waals surface area contributed by atoms with Gasteiger partial charge in [0.25, 0.3) is 10.6 Å². The predicted molar refractivity (Wildman–Crippen MR) is 87.6 cm³/mol. The van der Waals surface area contributed by atoms with Crippen molar-refractivity contribution in [3.05, 3.63) is 61.1 Å². The Balaban J connectivity index is 1.76. The van der Waals surface area contributed by atoms with Crippen LogP contribution < -0.4 is 4.90 Å². The summed E-state index contributed by atoms with van der Waals surface area (Å²) in [7, 11) is 0. The minimum Gasteiger partial charge on any atom is -0.358 e. The van der Waals surface area contributed by atoms with Crippen LogP contribution in [0.25, 0.3) is 4.96 Å². The number of anilines is 1. The first-order valence-corrected chi connectivity index (χ1v) is 8.03. The molecule has 1 aromatic carbocycles. The smallest absolute Gasteiger partial charge is 0.358 e. The molecule has 24 heavy (non-hydrogen) atoms. The van der Waals surface area contributed by atoms with Gasteiger partial charge in [-0.2, -0.15) is 9.38 Å². The number of nitrogens with zero attached hydrogens (tertiary/aromatic N) is 5. The second-order valence-electron chi connectivity index (χ2n) is 5.45. The molecule has 1 aliphatic heterocycles. The number of thiazole rings is 1. The summed E-state index contributed by atoms with van der Waals surface area (Å²) >= 11 is 1.33. The molecule has 9 nitrogen and oxygen atoms in total. The largest absolute Gasteiger partial charge is 0.373 e. The van der Waals surface area contributed by atoms with Crippen LogP contribution in [0.15, 0.2) is 29.8 Å². The molecule has 0 radical (unpaired) electrons. The molecule has 0 saturated heterocycles. The molecule has 0 N–H and O–H groups in total. The molecule has 0 spiro atoms. The molecule has 1 aliphatic rings. The Morgan fingerprint density at radius 2 is 2.00 bits per heavy atom. The van der Waals surface area contributed by atoms with Crippen LogP contribution in [0.4, 0.5) is 17.3 Å². The van der Waals surface area contributed by atoms with E-state index in [0.29, 0.717) is 30.3 Å². The maximum atomic E-state index is 11.5. The third-order valence-corrected chi connectivity index (χ3v) is 4.86. The number of fused-ring (bicyclic) bond motifs is 2. The van der Waals surface area contributed by atoms with Crippen molar-refractivity contribution in [1.82, 2.24) is 9.38 Å². The van der Waals surface area contributed by atoms with E-state index in [2.05, 4.69) is 4.98 Å². The van der Waals surface area contributed by atoms with Crippen LogP contribution in [0.3, 0.4) is 0 Å². The van der Waals surface area contributed by atoms with Crippen molar-refractivity contribution in [1.29, 1.82) is 0 Å². The highest BCUT2D eigenvalue weighted by Gasteiger charge is 2.30. The number of imidazole rings is 1. The van der Waals surface area contributed by atoms with Gasteiger partial charge in [-0.15, -0.1) is 0 Å². The number of non-ortho nitro benzene ring substituents is 1. The molecule has 0 atom stereocenters. The van der Waals surface area contributed by atoms with Crippen LogP contribution in [-0.4, -0.2) is 25.8 Å². The zero-order chi connectivity index (χ0) is 16.8. The Morgan fingerprint density at radius 3 is 2.75 bits per heavy atom. The van der Waals surface area contributed by atoms with Crippen LogP contribution in [0.5, 0.6) is 0 Å². The first-order valence-electron chi connectivity index (χ1n) is 7.15. The van der Waals surface area contributed by atoms with E-state index in [1.165, 1.54) is 27.9 Å². The van der Waals surface area contributed by atoms with E-state index in [1.54, 1.807) is 17.6 Å². The fourth-order valence-electron chi connectivity index (χ4n) is 2.98. The normalized spacial score (nSPS) is 13.9. The van der Waals surface area contributed by atoms with Gasteiger partial charge in [0.1, 0.15) is 6.20 Å². The molecule has 0 unspecified atom stereocenters. The maximum absolute atomic E-state index is 11.5. The van der Waals surface area contributed by atoms with Gasteiger partial charge in [-0.05, 0) is 22.5 Å². The topological polar surface area (TPSA) is 107 Å². The SMILES string of the molecule is O=[N+]([O-])c1ccc2c(c1)CN(c1nc3sccn3c1[N+](=O)[O-])CC2. The van der Waals surface area contributed by atoms with Gasteiger partial charge in [-0.3, -0.25) is 10.1 Å². The van der Waals surface area contributed by atoms with Gasteiger partial charge < -0.3 is 15.0 Å². The number of hydrogen-bond donors (Lipinski definition) is 0. The maximum Gasteiger partial charge on any atom is 0.373 e. The Hall–Kier alpha value is -3.01. The average molecular weight is 345 g/mol. The molecule has 3 heterocycles. The molecule has 2 aromatic heterocycles. The molecule has 0 fully saturated rings. The van der Waals surface area contributed by atoms with E-state index in [1.807, 2.05) is 4.90 Å². The molecule has 4 rings (SSSR count). The summed E-state index contributed by atoms with van der Waals surface area (Å²) in [5, 5.41) is 24.2. The molecule has 0 saturated carbocycles. The lowest BCUT2D eigenvalue weighted by atomic mass is 9.99. The number of rotatable bonds is 3. The van der Waals surface area contributed by atoms with Gasteiger partial charge in [0.15, 0.2) is 0 Å². The lowest BCUT2D eigenvalue weighted by Crippen LogP contribution is -2.31. The summed E-state index contributed by atoms with van der Waals surface area (Å²) < 4.78 is 1.46. The van der Waals surface area contributed by atoms with Crippen LogP contribution in [-0.2, 0) is 13.0 Å². The lowest BCUT2D eigenvalue weighted by Gasteiger charge is -2.28. The highest BCUT2D eigenvalue weighted by atomic mass is 32.1. The molecule has 3 aromatic rings. The quantitative estimate of drug-likeness (QED) is 0.533. The second-order valence-corrected chi connectivity index (χ2v) is 6.33. The number of nitro benzene ring substituents is 1. The van der Waals surface area contributed by atoms with Crippen molar-refractivity contribution in [3.63, 3.8) is 0 Å². The van der Waals surface area contributed by atoms with Crippen molar-refractivity contribution < 1.29 is 9.85 Å². The van der Waals surface area contributed by atoms with E-state index >= 15 is 0 Å². The minimum absolute atomic E-state index is 0.0240. The van der Waals surface area contributed by atoms with Gasteiger partial charge in [0.2, 0.25) is 5.82 Å². The third-order valence-electron chi connectivity index (χ3n) is 4.10. The Labute approximate surface area is 139 Å². The van der Waals surface area contributed by atoms with Gasteiger partial charge in [0, 0.05) is 30.6 Å². The van der Waals surface area contributed by atoms with Gasteiger partial charge in [0.05, 0.1) is 4.92 Å². The van der Waals surface area contributed by atoms with Gasteiger partial charge in [-0.25, -0.2) is 0 Å². The van der Waals surface area contributed by atoms with Crippen molar-refractivity contribution in [3.8, 4) is 0 Å². The highest BCUT2D eigenvalue weighted by molar-refractivity contribution is 7.15. The Bertz CT molecular complexity index is 979. The Kier molecular flexibility index (Phi) is 3.20. The van der Waals surface area contributed by atoms with Gasteiger partial charge >= 0.3 is 5.82 Å². The molecule has 10 heteroatoms. The second kappa shape index (κ2) is 5.27. The van der Waals surface area contributed by atoms with E-state index in [9.17, 15) is 20.2 Å². The standard InChI is InChI=1S/C14H11N5O4S/c20-18(21)11-2-1-9-3-4-16(8-10(9)7-11)12-13(19(22)23)17-5-6-24-14(17)15-12/h1-2,5-7H,3-4,8H2. The molecule has 0 amide bonds. The number of aromatic nitrogens is 2. The highest BCUT2D eigenvalue weighted by Crippen LogP contribution is 2.34. The molecular weight excluding hydrogens is 334 g/mol. The summed E-state index contributed by atoms with van der Waals surface area (Å²) in [4.78, 5) is 28.3. The number of hydrogen-bond acceptors (Lipinski definition) is 7. The fourth-order valence-corrected chi connectivity index (χ4v) is 3.69. The third kappa shape index (κ3) is 2.19. The first-order chi connectivity index (χ1) is 11.5. The van der Waals surface area contributed by atoms with E-state index in [0.717, 1.165) is 11.1 Å². The van der Waals surface area contributed by atoms with Crippen LogP contribution >= 0.6 is 11.3 Å². The van der Waals surface area contributed by atoms with E-state index in [-0.39, 0.29) is 11.5 Å². The average Bonchev–Trinajstić information content (AvgIpc) is 3.13. The molecule has 0 aliphatic carbocycles. The minimum atomic E-state index is -0.439. The van der Waals surface area contributed by atoms with Crippen molar-refractivity contribution >= 4 is 33.6 Å². The van der Waals surface area contributed by atoms with E-state index < -0.39 is 9.85 Å². The lowest BCUT2D eigenvalue weighted by molar-refractivity contribution is -0.389. The fraction of sp³-hybridized carbons (Fsp3) is 0.214. The van der Waals surface area contributed by atoms with E-state index in [4.69, 9.17) is 0 Å². The number of benzene rings is 1. The summed E-state index contributed by atoms with van der Waals surface area (Å²) in [6.45, 7) is 0.944. The molecular formula is C14H11N5O4S. The molecule has 122 valence electrons. The van der Waals surface area contributed by atoms with Crippen LogP contribution in [0, 0.1) is 20.2 Å². The van der Waals surface area contributed by atoms with Crippen molar-refractivity contribution in [2.24, 2.45) is 0 Å². The van der Waals surface area contributed by atoms with Crippen LogP contribution in [0.2, 0.25) is 0 Å². The van der Waals surface area contributed by atoms with Crippen molar-refractivity contribution in [2.45, 2.75) is 13.0 Å². The summed E-state index contributed by atoms with van der Waals surface area (Å²) in [5.74, 6) is 0.240. The monoisotopic (exact) mass is 345 g/mol.